The molecule has 2 rings (SSSR count). The number of halogens is 1. The Morgan fingerprint density at radius 2 is 1.59 bits per heavy atom. The molecule has 0 aliphatic carbocycles. The number of rotatable bonds is 8. The number of ether oxygens (including phenoxy) is 3. The first-order valence-electron chi connectivity index (χ1n) is 8.54. The first kappa shape index (κ1) is 20.8. The van der Waals surface area contributed by atoms with Crippen LogP contribution < -0.4 is 9.47 Å². The maximum atomic E-state index is 12.6. The fourth-order valence-corrected chi connectivity index (χ4v) is 2.91. The van der Waals surface area contributed by atoms with Gasteiger partial charge < -0.3 is 14.2 Å². The fraction of sp³-hybridized carbons (Fsp3) is 0.333. The van der Waals surface area contributed by atoms with Gasteiger partial charge in [-0.2, -0.15) is 0 Å². The largest absolute Gasteiger partial charge is 0.493 e. The maximum absolute atomic E-state index is 12.6. The zero-order chi connectivity index (χ0) is 20.0. The molecule has 0 saturated carbocycles. The number of hydrogen-bond acceptors (Lipinski definition) is 5. The van der Waals surface area contributed by atoms with Crippen molar-refractivity contribution in [2.45, 2.75) is 19.8 Å². The van der Waals surface area contributed by atoms with Crippen molar-refractivity contribution in [3.05, 3.63) is 58.6 Å². The minimum atomic E-state index is -0.472. The predicted octanol–water partition coefficient (Wildman–Crippen LogP) is 4.52. The molecule has 2 aromatic carbocycles. The van der Waals surface area contributed by atoms with Gasteiger partial charge in [0.15, 0.2) is 23.9 Å². The number of Topliss-reactive ketones (excluding diaryl/α,β-unsaturated/α-hetero) is 1. The summed E-state index contributed by atoms with van der Waals surface area (Å²) in [5, 5.41) is 0.596. The number of ketones is 1. The first-order chi connectivity index (χ1) is 12.9. The normalized spacial score (nSPS) is 11.8. The van der Waals surface area contributed by atoms with Crippen LogP contribution in [0.1, 0.15) is 35.7 Å². The van der Waals surface area contributed by atoms with Crippen molar-refractivity contribution in [2.24, 2.45) is 5.92 Å². The Hall–Kier alpha value is -2.53. The molecular weight excluding hydrogens is 368 g/mol. The van der Waals surface area contributed by atoms with Gasteiger partial charge in [-0.25, -0.2) is 0 Å². The van der Waals surface area contributed by atoms with E-state index in [0.717, 1.165) is 5.56 Å². The molecule has 0 bridgehead atoms. The average molecular weight is 391 g/mol. The molecule has 144 valence electrons. The zero-order valence-electron chi connectivity index (χ0n) is 15.8. The van der Waals surface area contributed by atoms with E-state index in [-0.39, 0.29) is 18.3 Å². The molecule has 0 aliphatic rings. The van der Waals surface area contributed by atoms with Crippen LogP contribution in [-0.4, -0.2) is 32.6 Å². The number of hydrogen-bond donors (Lipinski definition) is 0. The van der Waals surface area contributed by atoms with Crippen molar-refractivity contribution in [1.29, 1.82) is 0 Å². The summed E-state index contributed by atoms with van der Waals surface area (Å²) in [6, 6.07) is 11.9. The van der Waals surface area contributed by atoms with Crippen LogP contribution in [0.5, 0.6) is 11.5 Å². The molecule has 0 N–H and O–H groups in total. The van der Waals surface area contributed by atoms with E-state index in [0.29, 0.717) is 22.1 Å². The molecule has 2 aromatic rings. The van der Waals surface area contributed by atoms with Crippen LogP contribution in [0.15, 0.2) is 42.5 Å². The molecule has 27 heavy (non-hydrogen) atoms. The van der Waals surface area contributed by atoms with Crippen molar-refractivity contribution >= 4 is 23.4 Å². The lowest BCUT2D eigenvalue weighted by Crippen LogP contribution is -2.23. The SMILES string of the molecule is COc1ccc(C(=O)COC(=O)[C@H](c2ccc(Cl)cc2)C(C)C)cc1OC. The molecule has 0 heterocycles. The molecule has 0 radical (unpaired) electrons. The van der Waals surface area contributed by atoms with Crippen molar-refractivity contribution in [1.82, 2.24) is 0 Å². The lowest BCUT2D eigenvalue weighted by molar-refractivity contribution is -0.145. The van der Waals surface area contributed by atoms with Gasteiger partial charge in [-0.05, 0) is 41.8 Å². The molecule has 0 saturated heterocycles. The second-order valence-corrected chi connectivity index (χ2v) is 6.81. The highest BCUT2D eigenvalue weighted by Gasteiger charge is 2.26. The van der Waals surface area contributed by atoms with E-state index in [1.807, 2.05) is 13.8 Å². The zero-order valence-corrected chi connectivity index (χ0v) is 16.6. The summed E-state index contributed by atoms with van der Waals surface area (Å²) in [5.41, 5.74) is 1.19. The summed E-state index contributed by atoms with van der Waals surface area (Å²) in [5.74, 6) is -0.260. The van der Waals surface area contributed by atoms with Crippen molar-refractivity contribution < 1.29 is 23.8 Å². The van der Waals surface area contributed by atoms with Crippen LogP contribution in [0.25, 0.3) is 0 Å². The van der Waals surface area contributed by atoms with Gasteiger partial charge in [0.25, 0.3) is 0 Å². The van der Waals surface area contributed by atoms with E-state index in [4.69, 9.17) is 25.8 Å². The Labute approximate surface area is 164 Å². The van der Waals surface area contributed by atoms with Crippen molar-refractivity contribution in [3.8, 4) is 11.5 Å². The summed E-state index contributed by atoms with van der Waals surface area (Å²) in [4.78, 5) is 25.0. The smallest absolute Gasteiger partial charge is 0.314 e. The predicted molar refractivity (Wildman–Crippen MR) is 104 cm³/mol. The van der Waals surface area contributed by atoms with Crippen LogP contribution in [0.2, 0.25) is 5.02 Å². The lowest BCUT2D eigenvalue weighted by Gasteiger charge is -2.20. The van der Waals surface area contributed by atoms with Crippen LogP contribution in [0.3, 0.4) is 0 Å². The Bertz CT molecular complexity index is 799. The Kier molecular flexibility index (Phi) is 7.25. The van der Waals surface area contributed by atoms with E-state index < -0.39 is 11.9 Å². The molecule has 0 amide bonds. The van der Waals surface area contributed by atoms with Crippen LogP contribution in [0, 0.1) is 5.92 Å². The molecule has 0 unspecified atom stereocenters. The van der Waals surface area contributed by atoms with Gasteiger partial charge in [0.05, 0.1) is 20.1 Å². The molecule has 0 fully saturated rings. The van der Waals surface area contributed by atoms with Gasteiger partial charge in [-0.1, -0.05) is 37.6 Å². The first-order valence-corrected chi connectivity index (χ1v) is 8.92. The van der Waals surface area contributed by atoms with E-state index >= 15 is 0 Å². The molecule has 0 spiro atoms. The highest BCUT2D eigenvalue weighted by molar-refractivity contribution is 6.30. The topological polar surface area (TPSA) is 61.8 Å². The number of carbonyl (C=O) groups excluding carboxylic acids is 2. The molecule has 5 nitrogen and oxygen atoms in total. The Balaban J connectivity index is 2.08. The molecule has 6 heteroatoms. The minimum absolute atomic E-state index is 0.00913. The average Bonchev–Trinajstić information content (AvgIpc) is 2.66. The van der Waals surface area contributed by atoms with E-state index in [1.165, 1.54) is 14.2 Å². The van der Waals surface area contributed by atoms with Gasteiger partial charge in [-0.3, -0.25) is 9.59 Å². The molecular formula is C21H23ClO5. The number of carbonyl (C=O) groups is 2. The number of esters is 1. The van der Waals surface area contributed by atoms with E-state index in [9.17, 15) is 9.59 Å². The van der Waals surface area contributed by atoms with Gasteiger partial charge in [-0.15, -0.1) is 0 Å². The van der Waals surface area contributed by atoms with Gasteiger partial charge in [0.1, 0.15) is 0 Å². The highest BCUT2D eigenvalue weighted by Crippen LogP contribution is 2.29. The number of methoxy groups -OCH3 is 2. The summed E-state index contributed by atoms with van der Waals surface area (Å²) < 4.78 is 15.7. The van der Waals surface area contributed by atoms with Crippen molar-refractivity contribution in [2.75, 3.05) is 20.8 Å². The van der Waals surface area contributed by atoms with E-state index in [1.54, 1.807) is 42.5 Å². The van der Waals surface area contributed by atoms with E-state index in [2.05, 4.69) is 0 Å². The van der Waals surface area contributed by atoms with Crippen molar-refractivity contribution in [3.63, 3.8) is 0 Å². The summed E-state index contributed by atoms with van der Waals surface area (Å²) in [7, 11) is 3.01. The van der Waals surface area contributed by atoms with Gasteiger partial charge in [0, 0.05) is 10.6 Å². The summed E-state index contributed by atoms with van der Waals surface area (Å²) in [6.45, 7) is 3.51. The molecule has 0 aromatic heterocycles. The standard InChI is InChI=1S/C21H23ClO5/c1-13(2)20(14-5-8-16(22)9-6-14)21(24)27-12-17(23)15-7-10-18(25-3)19(11-15)26-4/h5-11,13,20H,12H2,1-4H3/t20-/m0/s1. The third-order valence-electron chi connectivity index (χ3n) is 4.20. The van der Waals surface area contributed by atoms with Gasteiger partial charge >= 0.3 is 5.97 Å². The summed E-state index contributed by atoms with van der Waals surface area (Å²) >= 11 is 5.91. The van der Waals surface area contributed by atoms with Crippen LogP contribution in [0.4, 0.5) is 0 Å². The number of benzene rings is 2. The second kappa shape index (κ2) is 9.42. The minimum Gasteiger partial charge on any atom is -0.493 e. The third kappa shape index (κ3) is 5.23. The van der Waals surface area contributed by atoms with Crippen LogP contribution >= 0.6 is 11.6 Å². The highest BCUT2D eigenvalue weighted by atomic mass is 35.5. The molecule has 0 aliphatic heterocycles. The molecule has 1 atom stereocenters. The Morgan fingerprint density at radius 3 is 2.15 bits per heavy atom. The third-order valence-corrected chi connectivity index (χ3v) is 4.45. The maximum Gasteiger partial charge on any atom is 0.314 e. The second-order valence-electron chi connectivity index (χ2n) is 6.37. The summed E-state index contributed by atoms with van der Waals surface area (Å²) in [6.07, 6.45) is 0. The fourth-order valence-electron chi connectivity index (χ4n) is 2.78. The van der Waals surface area contributed by atoms with Crippen LogP contribution in [-0.2, 0) is 9.53 Å². The van der Waals surface area contributed by atoms with Gasteiger partial charge in [0.2, 0.25) is 0 Å². The monoisotopic (exact) mass is 390 g/mol. The lowest BCUT2D eigenvalue weighted by atomic mass is 9.88. The quantitative estimate of drug-likeness (QED) is 0.489. The Morgan fingerprint density at radius 1 is 0.963 bits per heavy atom.